The van der Waals surface area contributed by atoms with E-state index in [-0.39, 0.29) is 10.8 Å². The molecule has 0 saturated heterocycles. The second-order valence-electron chi connectivity index (χ2n) is 18.2. The van der Waals surface area contributed by atoms with E-state index in [0.29, 0.717) is 0 Å². The average Bonchev–Trinajstić information content (AvgIpc) is 4.00. The lowest BCUT2D eigenvalue weighted by Gasteiger charge is -2.43. The zero-order valence-electron chi connectivity index (χ0n) is 33.7. The number of nitrogens with zero attached hydrogens (tertiary/aromatic N) is 1. The van der Waals surface area contributed by atoms with Gasteiger partial charge < -0.3 is 18.7 Å². The summed E-state index contributed by atoms with van der Waals surface area (Å²) >= 11 is 1.88. The van der Waals surface area contributed by atoms with Gasteiger partial charge in [0.2, 0.25) is 13.0 Å². The Morgan fingerprint density at radius 1 is 0.610 bits per heavy atom. The molecule has 283 valence electrons. The summed E-state index contributed by atoms with van der Waals surface area (Å²) in [5.74, 6) is 0. The van der Waals surface area contributed by atoms with Gasteiger partial charge in [0.25, 0.3) is 0 Å². The predicted molar refractivity (Wildman–Crippen MR) is 251 cm³/mol. The van der Waals surface area contributed by atoms with Crippen molar-refractivity contribution >= 4 is 122 Å². The molecule has 5 heterocycles. The molecule has 7 aromatic carbocycles. The largest absolute Gasteiger partial charge is 0.457 e. The third-order valence-corrected chi connectivity index (χ3v) is 15.1. The molecule has 0 saturated carbocycles. The van der Waals surface area contributed by atoms with Crippen molar-refractivity contribution in [3.63, 3.8) is 0 Å². The summed E-state index contributed by atoms with van der Waals surface area (Å²) in [6.07, 6.45) is 2.33. The number of aromatic amines is 1. The molecule has 6 heteroatoms. The lowest BCUT2D eigenvalue weighted by molar-refractivity contribution is 0.332. The van der Waals surface area contributed by atoms with Gasteiger partial charge in [0.05, 0.1) is 10.9 Å². The van der Waals surface area contributed by atoms with Crippen LogP contribution >= 0.6 is 11.3 Å². The molecule has 1 aliphatic carbocycles. The number of anilines is 3. The van der Waals surface area contributed by atoms with E-state index in [1.165, 1.54) is 65.7 Å². The Balaban J connectivity index is 1.18. The number of thiophene rings is 1. The fraction of sp³-hybridized carbons (Fsp3) is 0.170. The van der Waals surface area contributed by atoms with Gasteiger partial charge in [-0.3, -0.25) is 0 Å². The number of nitrogens with one attached hydrogen (secondary N) is 1. The lowest BCUT2D eigenvalue weighted by Crippen LogP contribution is -2.41. The van der Waals surface area contributed by atoms with Gasteiger partial charge in [0.15, 0.2) is 0 Å². The van der Waals surface area contributed by atoms with Crippen LogP contribution in [0.2, 0.25) is 0 Å². The van der Waals surface area contributed by atoms with Crippen LogP contribution in [0.15, 0.2) is 130 Å². The van der Waals surface area contributed by atoms with Crippen molar-refractivity contribution in [2.24, 2.45) is 0 Å². The number of hydrogen-bond donors (Lipinski definition) is 1. The van der Waals surface area contributed by atoms with E-state index in [2.05, 4.69) is 167 Å². The Hall–Kier alpha value is -6.24. The molecule has 0 unspecified atom stereocenters. The number of fused-ring (bicyclic) bond motifs is 15. The number of para-hydroxylation sites is 3. The molecule has 59 heavy (non-hydrogen) atoms. The maximum atomic E-state index is 6.88. The van der Waals surface area contributed by atoms with Crippen molar-refractivity contribution in [1.82, 2.24) is 4.98 Å². The van der Waals surface area contributed by atoms with Crippen LogP contribution in [0.4, 0.5) is 17.1 Å². The number of H-pyrrole nitrogens is 1. The zero-order valence-corrected chi connectivity index (χ0v) is 34.5. The fourth-order valence-corrected chi connectivity index (χ4v) is 12.0. The van der Waals surface area contributed by atoms with Gasteiger partial charge in [-0.05, 0) is 106 Å². The number of hydrogen-bond acceptors (Lipinski definition) is 4. The van der Waals surface area contributed by atoms with Crippen LogP contribution in [0.5, 0.6) is 0 Å². The van der Waals surface area contributed by atoms with Crippen molar-refractivity contribution in [3.05, 3.63) is 138 Å². The molecule has 13 rings (SSSR count). The number of aromatic nitrogens is 1. The molecule has 2 aliphatic rings. The van der Waals surface area contributed by atoms with E-state index in [9.17, 15) is 0 Å². The number of aryl methyl sites for hydroxylation is 1. The summed E-state index contributed by atoms with van der Waals surface area (Å²) in [4.78, 5) is 6.36. The molecule has 1 N–H and O–H groups in total. The van der Waals surface area contributed by atoms with Gasteiger partial charge in [0.1, 0.15) is 16.7 Å². The van der Waals surface area contributed by atoms with E-state index in [1.54, 1.807) is 0 Å². The van der Waals surface area contributed by atoms with Gasteiger partial charge >= 0.3 is 0 Å². The van der Waals surface area contributed by atoms with Crippen LogP contribution in [-0.2, 0) is 10.8 Å². The van der Waals surface area contributed by atoms with Crippen LogP contribution < -0.4 is 15.8 Å². The maximum Gasteiger partial charge on any atom is 0.206 e. The topological polar surface area (TPSA) is 45.3 Å². The molecular weight excluding hydrogens is 739 g/mol. The number of furan rings is 2. The Morgan fingerprint density at radius 2 is 1.31 bits per heavy atom. The Bertz CT molecular complexity index is 3630. The van der Waals surface area contributed by atoms with Crippen LogP contribution in [-0.4, -0.2) is 12.3 Å². The van der Waals surface area contributed by atoms with E-state index in [4.69, 9.17) is 8.83 Å². The van der Waals surface area contributed by atoms with Gasteiger partial charge in [0, 0.05) is 64.3 Å². The van der Waals surface area contributed by atoms with Gasteiger partial charge in [-0.25, -0.2) is 0 Å². The van der Waals surface area contributed by atoms with Crippen molar-refractivity contribution < 1.29 is 8.83 Å². The highest BCUT2D eigenvalue weighted by molar-refractivity contribution is 7.26. The van der Waals surface area contributed by atoms with Crippen molar-refractivity contribution in [2.45, 2.75) is 58.3 Å². The Labute approximate surface area is 346 Å². The molecule has 0 fully saturated rings. The van der Waals surface area contributed by atoms with E-state index in [1.807, 2.05) is 17.4 Å². The smallest absolute Gasteiger partial charge is 0.206 e. The third kappa shape index (κ3) is 4.50. The highest BCUT2D eigenvalue weighted by Gasteiger charge is 2.40. The minimum atomic E-state index is 0.0482. The van der Waals surface area contributed by atoms with E-state index >= 15 is 0 Å². The SMILES string of the molecule is Cc1cc2c(cc1N1c3cc4c(sc5ccccc54)c(-c4cccc5c4[nH]c4oc6ccccc6c45)c3[B]c3c1ccc1c3oc3ccccc31)C(C)(C)CCC2(C)C. The molecule has 0 atom stereocenters. The standard InChI is InChI=1S/C53H40BN2O2S/c1-28-25-36-37(53(4,5)24-23-52(36,2)3)27-39(28)56-38-22-21-31-29-13-6-9-18-41(29)57-49(31)47(38)54-46-40(56)26-35-30-14-8-11-20-43(30)59-50(35)45(46)34-17-12-16-33-44-32-15-7-10-19-42(32)58-51(44)55-48(33)34/h6-22,25-27,55H,23-24H2,1-5H3. The second kappa shape index (κ2) is 11.5. The summed E-state index contributed by atoms with van der Waals surface area (Å²) in [6, 6.07) is 44.5. The molecular formula is C53H40BN2O2S. The quantitative estimate of drug-likeness (QED) is 0.178. The summed E-state index contributed by atoms with van der Waals surface area (Å²) in [5.41, 5.74) is 17.1. The summed E-state index contributed by atoms with van der Waals surface area (Å²) in [7, 11) is 2.42. The fourth-order valence-electron chi connectivity index (χ4n) is 10.7. The molecule has 4 nitrogen and oxygen atoms in total. The molecule has 0 spiro atoms. The van der Waals surface area contributed by atoms with E-state index < -0.39 is 0 Å². The molecule has 11 aromatic rings. The first-order valence-electron chi connectivity index (χ1n) is 20.8. The first-order chi connectivity index (χ1) is 28.6. The van der Waals surface area contributed by atoms with Crippen LogP contribution in [0.1, 0.15) is 57.2 Å². The number of benzene rings is 7. The van der Waals surface area contributed by atoms with Crippen LogP contribution in [0.25, 0.3) is 86.2 Å². The lowest BCUT2D eigenvalue weighted by atomic mass is 9.57. The second-order valence-corrected chi connectivity index (χ2v) is 19.3. The Kier molecular flexibility index (Phi) is 6.56. The normalized spacial score (nSPS) is 15.8. The predicted octanol–water partition coefficient (Wildman–Crippen LogP) is 14.1. The number of rotatable bonds is 2. The highest BCUT2D eigenvalue weighted by atomic mass is 32.1. The molecule has 0 bridgehead atoms. The monoisotopic (exact) mass is 779 g/mol. The molecule has 4 aromatic heterocycles. The molecule has 1 radical (unpaired) electrons. The average molecular weight is 780 g/mol. The zero-order chi connectivity index (χ0) is 39.5. The minimum absolute atomic E-state index is 0.0482. The highest BCUT2D eigenvalue weighted by Crippen LogP contribution is 2.52. The van der Waals surface area contributed by atoms with Crippen LogP contribution in [0, 0.1) is 6.92 Å². The third-order valence-electron chi connectivity index (χ3n) is 13.9. The minimum Gasteiger partial charge on any atom is -0.457 e. The Morgan fingerprint density at radius 3 is 2.12 bits per heavy atom. The molecule has 0 amide bonds. The van der Waals surface area contributed by atoms with Gasteiger partial charge in [-0.1, -0.05) is 107 Å². The van der Waals surface area contributed by atoms with Crippen molar-refractivity contribution in [2.75, 3.05) is 4.90 Å². The summed E-state index contributed by atoms with van der Waals surface area (Å²) in [5, 5.41) is 8.23. The van der Waals surface area contributed by atoms with E-state index in [0.717, 1.165) is 78.0 Å². The maximum absolute atomic E-state index is 6.88. The summed E-state index contributed by atoms with van der Waals surface area (Å²) in [6.45, 7) is 12.0. The molecule has 1 aliphatic heterocycles. The van der Waals surface area contributed by atoms with Crippen LogP contribution in [0.3, 0.4) is 0 Å². The first kappa shape index (κ1) is 33.7. The summed E-state index contributed by atoms with van der Waals surface area (Å²) < 4.78 is 15.9. The van der Waals surface area contributed by atoms with Crippen molar-refractivity contribution in [1.29, 1.82) is 0 Å². The first-order valence-corrected chi connectivity index (χ1v) is 21.6. The van der Waals surface area contributed by atoms with Crippen molar-refractivity contribution in [3.8, 4) is 11.1 Å². The van der Waals surface area contributed by atoms with Gasteiger partial charge in [-0.15, -0.1) is 11.3 Å². The van der Waals surface area contributed by atoms with Gasteiger partial charge in [-0.2, -0.15) is 0 Å².